The Morgan fingerprint density at radius 1 is 1.27 bits per heavy atom. The van der Waals surface area contributed by atoms with Gasteiger partial charge in [-0.05, 0) is 24.1 Å². The molecule has 3 amide bonds. The number of carbonyl (C=O) groups is 3. The van der Waals surface area contributed by atoms with E-state index in [1.165, 1.54) is 0 Å². The summed E-state index contributed by atoms with van der Waals surface area (Å²) in [6, 6.07) is 7.06. The number of nitrogens with one attached hydrogen (secondary N) is 2. The van der Waals surface area contributed by atoms with Gasteiger partial charge in [0.25, 0.3) is 5.91 Å². The molecule has 2 heterocycles. The van der Waals surface area contributed by atoms with Crippen LogP contribution in [0.2, 0.25) is 0 Å². The fourth-order valence-electron chi connectivity index (χ4n) is 2.99. The van der Waals surface area contributed by atoms with Gasteiger partial charge in [-0.1, -0.05) is 12.1 Å². The van der Waals surface area contributed by atoms with E-state index in [0.717, 1.165) is 5.56 Å². The number of rotatable bonds is 8. The average molecular weight is 352 g/mol. The molecule has 134 valence electrons. The highest BCUT2D eigenvalue weighted by atomic mass is 16.2. The van der Waals surface area contributed by atoms with E-state index in [1.54, 1.807) is 12.1 Å². The summed E-state index contributed by atoms with van der Waals surface area (Å²) >= 11 is 0. The molecule has 0 saturated carbocycles. The van der Waals surface area contributed by atoms with Gasteiger partial charge in [0.05, 0.1) is 5.92 Å². The topological polar surface area (TPSA) is 100.0 Å². The molecule has 1 fully saturated rings. The second-order valence-corrected chi connectivity index (χ2v) is 6.61. The van der Waals surface area contributed by atoms with Crippen LogP contribution in [0, 0.1) is 18.3 Å². The van der Waals surface area contributed by atoms with Crippen LogP contribution in [-0.4, -0.2) is 29.9 Å². The van der Waals surface area contributed by atoms with Crippen LogP contribution in [0.1, 0.15) is 41.6 Å². The van der Waals surface area contributed by atoms with Crippen LogP contribution in [-0.2, 0) is 16.0 Å². The van der Waals surface area contributed by atoms with E-state index in [-0.39, 0.29) is 30.1 Å². The molecule has 1 unspecified atom stereocenters. The van der Waals surface area contributed by atoms with Gasteiger partial charge in [0.2, 0.25) is 11.8 Å². The van der Waals surface area contributed by atoms with E-state index < -0.39 is 5.66 Å². The molecule has 2 N–H and O–H groups in total. The van der Waals surface area contributed by atoms with Gasteiger partial charge in [0, 0.05) is 37.8 Å². The third kappa shape index (κ3) is 4.33. The number of imide groups is 1. The van der Waals surface area contributed by atoms with Crippen LogP contribution in [0.25, 0.3) is 0 Å². The van der Waals surface area contributed by atoms with Crippen molar-refractivity contribution in [3.63, 3.8) is 0 Å². The van der Waals surface area contributed by atoms with E-state index in [1.807, 2.05) is 12.1 Å². The first-order chi connectivity index (χ1) is 12.5. The Bertz CT molecular complexity index is 786. The van der Waals surface area contributed by atoms with Crippen molar-refractivity contribution in [1.82, 2.24) is 10.6 Å². The smallest absolute Gasteiger partial charge is 0.251 e. The van der Waals surface area contributed by atoms with Crippen molar-refractivity contribution >= 4 is 17.7 Å². The maximum atomic E-state index is 12.2. The molecule has 26 heavy (non-hydrogen) atoms. The molecule has 1 aromatic carbocycles. The SMILES string of the molecule is C#CCCC1(CCNC(=O)c2ccc(CC3CC(=O)NC3=O)cc2)N=N1. The molecule has 2 aliphatic heterocycles. The summed E-state index contributed by atoms with van der Waals surface area (Å²) in [7, 11) is 0. The highest BCUT2D eigenvalue weighted by Gasteiger charge is 2.38. The van der Waals surface area contributed by atoms with Gasteiger partial charge in [-0.2, -0.15) is 10.2 Å². The first-order valence-electron chi connectivity index (χ1n) is 8.60. The van der Waals surface area contributed by atoms with Gasteiger partial charge < -0.3 is 5.32 Å². The lowest BCUT2D eigenvalue weighted by molar-refractivity contribution is -0.125. The summed E-state index contributed by atoms with van der Waals surface area (Å²) in [6.07, 6.45) is 7.93. The lowest BCUT2D eigenvalue weighted by atomic mass is 9.97. The zero-order valence-corrected chi connectivity index (χ0v) is 14.3. The Morgan fingerprint density at radius 2 is 2.00 bits per heavy atom. The third-order valence-electron chi connectivity index (χ3n) is 4.63. The molecule has 0 spiro atoms. The lowest BCUT2D eigenvalue weighted by Gasteiger charge is -2.10. The van der Waals surface area contributed by atoms with Gasteiger partial charge in [0.1, 0.15) is 0 Å². The Labute approximate surface area is 151 Å². The molecular weight excluding hydrogens is 332 g/mol. The summed E-state index contributed by atoms with van der Waals surface area (Å²) in [6.45, 7) is 0.475. The molecule has 2 aliphatic rings. The minimum Gasteiger partial charge on any atom is -0.352 e. The first-order valence-corrected chi connectivity index (χ1v) is 8.60. The van der Waals surface area contributed by atoms with Crippen molar-refractivity contribution in [3.8, 4) is 12.3 Å². The summed E-state index contributed by atoms with van der Waals surface area (Å²) in [5.74, 6) is 1.62. The minimum atomic E-state index is -0.400. The number of hydrogen-bond donors (Lipinski definition) is 2. The fraction of sp³-hybridized carbons (Fsp3) is 0.421. The zero-order valence-electron chi connectivity index (χ0n) is 14.3. The second kappa shape index (κ2) is 7.48. The summed E-state index contributed by atoms with van der Waals surface area (Å²) < 4.78 is 0. The van der Waals surface area contributed by atoms with Crippen molar-refractivity contribution in [2.75, 3.05) is 6.54 Å². The van der Waals surface area contributed by atoms with E-state index in [9.17, 15) is 14.4 Å². The molecule has 1 aromatic rings. The van der Waals surface area contributed by atoms with Crippen molar-refractivity contribution in [2.45, 2.75) is 37.8 Å². The van der Waals surface area contributed by atoms with Crippen molar-refractivity contribution < 1.29 is 14.4 Å². The van der Waals surface area contributed by atoms with Gasteiger partial charge in [0.15, 0.2) is 5.66 Å². The Balaban J connectivity index is 1.46. The number of terminal acetylenes is 1. The Morgan fingerprint density at radius 3 is 2.58 bits per heavy atom. The number of amides is 3. The molecule has 7 heteroatoms. The number of nitrogens with zero attached hydrogens (tertiary/aromatic N) is 2. The molecule has 0 aliphatic carbocycles. The van der Waals surface area contributed by atoms with E-state index in [2.05, 4.69) is 26.8 Å². The molecule has 0 radical (unpaired) electrons. The average Bonchev–Trinajstić information content (AvgIpc) is 3.32. The summed E-state index contributed by atoms with van der Waals surface area (Å²) in [4.78, 5) is 35.0. The maximum Gasteiger partial charge on any atom is 0.251 e. The molecule has 7 nitrogen and oxygen atoms in total. The van der Waals surface area contributed by atoms with Crippen molar-refractivity contribution in [3.05, 3.63) is 35.4 Å². The molecule has 1 saturated heterocycles. The largest absolute Gasteiger partial charge is 0.352 e. The predicted octanol–water partition coefficient (Wildman–Crippen LogP) is 1.59. The van der Waals surface area contributed by atoms with Crippen LogP contribution >= 0.6 is 0 Å². The standard InChI is InChI=1S/C19H20N4O3/c1-2-3-8-19(22-23-19)9-10-20-17(25)14-6-4-13(5-7-14)11-15-12-16(24)21-18(15)26/h1,4-7,15H,3,8-12H2,(H,20,25)(H,21,24,26). The van der Waals surface area contributed by atoms with Crippen LogP contribution in [0.5, 0.6) is 0 Å². The fourth-order valence-corrected chi connectivity index (χ4v) is 2.99. The second-order valence-electron chi connectivity index (χ2n) is 6.61. The van der Waals surface area contributed by atoms with E-state index in [0.29, 0.717) is 37.8 Å². The lowest BCUT2D eigenvalue weighted by Crippen LogP contribution is -2.28. The molecule has 0 aromatic heterocycles. The first kappa shape index (κ1) is 17.8. The quantitative estimate of drug-likeness (QED) is 0.549. The summed E-state index contributed by atoms with van der Waals surface area (Å²) in [5.41, 5.74) is 1.06. The molecule has 0 bridgehead atoms. The van der Waals surface area contributed by atoms with Crippen molar-refractivity contribution in [2.24, 2.45) is 16.1 Å². The Hall–Kier alpha value is -3.01. The van der Waals surface area contributed by atoms with Gasteiger partial charge in [-0.15, -0.1) is 12.3 Å². The van der Waals surface area contributed by atoms with E-state index in [4.69, 9.17) is 6.42 Å². The zero-order chi connectivity index (χ0) is 18.6. The normalized spacial score (nSPS) is 19.7. The Kier molecular flexibility index (Phi) is 5.12. The molecule has 3 rings (SSSR count). The number of carbonyl (C=O) groups excluding carboxylic acids is 3. The highest BCUT2D eigenvalue weighted by Crippen LogP contribution is 2.36. The van der Waals surface area contributed by atoms with Crippen LogP contribution in [0.4, 0.5) is 0 Å². The van der Waals surface area contributed by atoms with Gasteiger partial charge in [-0.25, -0.2) is 0 Å². The maximum absolute atomic E-state index is 12.2. The molecular formula is C19H20N4O3. The molecule has 1 atom stereocenters. The summed E-state index contributed by atoms with van der Waals surface area (Å²) in [5, 5.41) is 13.2. The predicted molar refractivity (Wildman–Crippen MR) is 94.0 cm³/mol. The van der Waals surface area contributed by atoms with Crippen LogP contribution < -0.4 is 10.6 Å². The minimum absolute atomic E-state index is 0.168. The van der Waals surface area contributed by atoms with Gasteiger partial charge >= 0.3 is 0 Å². The third-order valence-corrected chi connectivity index (χ3v) is 4.63. The van der Waals surface area contributed by atoms with Crippen LogP contribution in [0.15, 0.2) is 34.5 Å². The van der Waals surface area contributed by atoms with Crippen molar-refractivity contribution in [1.29, 1.82) is 0 Å². The van der Waals surface area contributed by atoms with Crippen LogP contribution in [0.3, 0.4) is 0 Å². The highest BCUT2D eigenvalue weighted by molar-refractivity contribution is 6.03. The monoisotopic (exact) mass is 352 g/mol. The number of hydrogen-bond acceptors (Lipinski definition) is 5. The van der Waals surface area contributed by atoms with E-state index >= 15 is 0 Å². The number of benzene rings is 1. The van der Waals surface area contributed by atoms with Gasteiger partial charge in [-0.3, -0.25) is 19.7 Å².